The van der Waals surface area contributed by atoms with E-state index in [1.807, 2.05) is 19.2 Å². The van der Waals surface area contributed by atoms with Gasteiger partial charge in [-0.15, -0.1) is 11.3 Å². The highest BCUT2D eigenvalue weighted by Gasteiger charge is 2.21. The Morgan fingerprint density at radius 3 is 2.55 bits per heavy atom. The van der Waals surface area contributed by atoms with E-state index in [4.69, 9.17) is 4.74 Å². The Balaban J connectivity index is 1.69. The lowest BCUT2D eigenvalue weighted by molar-refractivity contribution is 0.373. The second-order valence-electron chi connectivity index (χ2n) is 6.45. The van der Waals surface area contributed by atoms with Gasteiger partial charge in [-0.3, -0.25) is 5.43 Å². The molecule has 3 aromatic rings. The molecule has 0 aliphatic carbocycles. The van der Waals surface area contributed by atoms with Crippen molar-refractivity contribution in [2.75, 3.05) is 25.6 Å². The van der Waals surface area contributed by atoms with Gasteiger partial charge in [0.2, 0.25) is 15.2 Å². The molecule has 0 fully saturated rings. The fourth-order valence-corrected chi connectivity index (χ4v) is 5.03. The van der Waals surface area contributed by atoms with Crippen LogP contribution in [0.15, 0.2) is 57.8 Å². The molecule has 2 aromatic carbocycles. The third kappa shape index (κ3) is 5.22. The number of aromatic hydroxyl groups is 1. The standard InChI is InChI=1S/C21H24N4O4S2/c1-4-25(5-2)31(27,28)17-9-7-16(8-10-17)18-14-30-21(23-18)24-22-13-15-6-11-19(26)20(12-15)29-3/h6-14,26H,4-5H2,1-3H3,(H,23,24)/b22-13+. The Hall–Kier alpha value is -2.95. The molecule has 1 heterocycles. The van der Waals surface area contributed by atoms with Crippen molar-refractivity contribution in [2.45, 2.75) is 18.7 Å². The summed E-state index contributed by atoms with van der Waals surface area (Å²) in [7, 11) is -2.00. The molecule has 0 atom stereocenters. The quantitative estimate of drug-likeness (QED) is 0.369. The lowest BCUT2D eigenvalue weighted by atomic mass is 10.2. The fourth-order valence-electron chi connectivity index (χ4n) is 2.90. The number of anilines is 1. The van der Waals surface area contributed by atoms with Crippen LogP contribution in [0.2, 0.25) is 0 Å². The van der Waals surface area contributed by atoms with Crippen LogP contribution < -0.4 is 10.2 Å². The number of hydrogen-bond acceptors (Lipinski definition) is 8. The summed E-state index contributed by atoms with van der Waals surface area (Å²) in [6.07, 6.45) is 1.59. The van der Waals surface area contributed by atoms with Gasteiger partial charge in [-0.25, -0.2) is 13.4 Å². The molecule has 0 radical (unpaired) electrons. The number of nitrogens with one attached hydrogen (secondary N) is 1. The van der Waals surface area contributed by atoms with E-state index in [0.717, 1.165) is 16.8 Å². The summed E-state index contributed by atoms with van der Waals surface area (Å²) in [5.41, 5.74) is 5.16. The number of rotatable bonds is 9. The first-order valence-electron chi connectivity index (χ1n) is 9.61. The number of phenols is 1. The Morgan fingerprint density at radius 2 is 1.90 bits per heavy atom. The van der Waals surface area contributed by atoms with Crippen molar-refractivity contribution in [1.29, 1.82) is 0 Å². The number of hydrogen-bond donors (Lipinski definition) is 2. The molecule has 0 unspecified atom stereocenters. The molecule has 2 N–H and O–H groups in total. The van der Waals surface area contributed by atoms with Crippen LogP contribution in [-0.4, -0.2) is 49.2 Å². The van der Waals surface area contributed by atoms with Crippen molar-refractivity contribution in [3.05, 3.63) is 53.4 Å². The van der Waals surface area contributed by atoms with E-state index in [2.05, 4.69) is 15.5 Å². The van der Waals surface area contributed by atoms with E-state index < -0.39 is 10.0 Å². The van der Waals surface area contributed by atoms with Crippen LogP contribution in [0.4, 0.5) is 5.13 Å². The number of thiazole rings is 1. The summed E-state index contributed by atoms with van der Waals surface area (Å²) in [5, 5.41) is 16.3. The zero-order valence-corrected chi connectivity index (χ0v) is 19.1. The smallest absolute Gasteiger partial charge is 0.243 e. The molecule has 10 heteroatoms. The van der Waals surface area contributed by atoms with Gasteiger partial charge in [0.1, 0.15) is 0 Å². The van der Waals surface area contributed by atoms with Gasteiger partial charge in [-0.2, -0.15) is 9.41 Å². The number of aromatic nitrogens is 1. The number of benzene rings is 2. The maximum absolute atomic E-state index is 12.6. The molecule has 31 heavy (non-hydrogen) atoms. The van der Waals surface area contributed by atoms with Crippen LogP contribution in [0.25, 0.3) is 11.3 Å². The van der Waals surface area contributed by atoms with Crippen LogP contribution in [0.1, 0.15) is 19.4 Å². The van der Waals surface area contributed by atoms with E-state index in [1.54, 1.807) is 42.6 Å². The molecular weight excluding hydrogens is 436 g/mol. The van der Waals surface area contributed by atoms with Crippen LogP contribution in [0.3, 0.4) is 0 Å². The Labute approximate surface area is 185 Å². The molecule has 0 amide bonds. The van der Waals surface area contributed by atoms with E-state index in [-0.39, 0.29) is 10.6 Å². The zero-order valence-electron chi connectivity index (χ0n) is 17.4. The predicted octanol–water partition coefficient (Wildman–Crippen LogP) is 4.00. The summed E-state index contributed by atoms with van der Waals surface area (Å²) in [4.78, 5) is 4.75. The average Bonchev–Trinajstić information content (AvgIpc) is 3.24. The predicted molar refractivity (Wildman–Crippen MR) is 124 cm³/mol. The lowest BCUT2D eigenvalue weighted by Crippen LogP contribution is -2.30. The summed E-state index contributed by atoms with van der Waals surface area (Å²) in [5.74, 6) is 0.431. The molecule has 0 saturated carbocycles. The van der Waals surface area contributed by atoms with Crippen molar-refractivity contribution in [2.24, 2.45) is 5.10 Å². The van der Waals surface area contributed by atoms with Crippen molar-refractivity contribution < 1.29 is 18.3 Å². The molecule has 0 aliphatic rings. The average molecular weight is 461 g/mol. The van der Waals surface area contributed by atoms with Gasteiger partial charge in [0.05, 0.1) is 23.9 Å². The zero-order chi connectivity index (χ0) is 22.4. The first kappa shape index (κ1) is 22.7. The fraction of sp³-hybridized carbons (Fsp3) is 0.238. The maximum atomic E-state index is 12.6. The molecule has 0 spiro atoms. The summed E-state index contributed by atoms with van der Waals surface area (Å²) >= 11 is 1.38. The Bertz CT molecular complexity index is 1150. The minimum atomic E-state index is -3.48. The Kier molecular flexibility index (Phi) is 7.26. The number of ether oxygens (including phenoxy) is 1. The number of nitrogens with zero attached hydrogens (tertiary/aromatic N) is 3. The molecule has 8 nitrogen and oxygen atoms in total. The monoisotopic (exact) mass is 460 g/mol. The number of sulfonamides is 1. The van der Waals surface area contributed by atoms with Gasteiger partial charge in [0.15, 0.2) is 11.5 Å². The molecule has 0 bridgehead atoms. The number of methoxy groups -OCH3 is 1. The first-order valence-corrected chi connectivity index (χ1v) is 11.9. The van der Waals surface area contributed by atoms with Crippen molar-refractivity contribution >= 4 is 32.7 Å². The SMILES string of the molecule is CCN(CC)S(=O)(=O)c1ccc(-c2csc(N/N=C/c3ccc(O)c(OC)c3)n2)cc1. The highest BCUT2D eigenvalue weighted by atomic mass is 32.2. The van der Waals surface area contributed by atoms with E-state index >= 15 is 0 Å². The molecule has 0 aliphatic heterocycles. The lowest BCUT2D eigenvalue weighted by Gasteiger charge is -2.18. The second-order valence-corrected chi connectivity index (χ2v) is 9.25. The first-order chi connectivity index (χ1) is 14.9. The van der Waals surface area contributed by atoms with Crippen LogP contribution >= 0.6 is 11.3 Å². The van der Waals surface area contributed by atoms with Gasteiger partial charge in [0, 0.05) is 24.0 Å². The van der Waals surface area contributed by atoms with Gasteiger partial charge >= 0.3 is 0 Å². The van der Waals surface area contributed by atoms with Gasteiger partial charge < -0.3 is 9.84 Å². The van der Waals surface area contributed by atoms with Gasteiger partial charge in [-0.05, 0) is 35.9 Å². The highest BCUT2D eigenvalue weighted by molar-refractivity contribution is 7.89. The molecule has 0 saturated heterocycles. The minimum absolute atomic E-state index is 0.0630. The van der Waals surface area contributed by atoms with Crippen LogP contribution in [0, 0.1) is 0 Å². The van der Waals surface area contributed by atoms with Crippen molar-refractivity contribution in [1.82, 2.24) is 9.29 Å². The third-order valence-corrected chi connectivity index (χ3v) is 7.39. The second kappa shape index (κ2) is 9.90. The molecule has 3 rings (SSSR count). The van der Waals surface area contributed by atoms with E-state index in [1.165, 1.54) is 28.8 Å². The van der Waals surface area contributed by atoms with Crippen LogP contribution in [-0.2, 0) is 10.0 Å². The van der Waals surface area contributed by atoms with Crippen molar-refractivity contribution in [3.8, 4) is 22.8 Å². The van der Waals surface area contributed by atoms with Gasteiger partial charge in [0.25, 0.3) is 0 Å². The summed E-state index contributed by atoms with van der Waals surface area (Å²) < 4.78 is 31.7. The van der Waals surface area contributed by atoms with Crippen molar-refractivity contribution in [3.63, 3.8) is 0 Å². The van der Waals surface area contributed by atoms with Gasteiger partial charge in [-0.1, -0.05) is 26.0 Å². The number of phenolic OH excluding ortho intramolecular Hbond substituents is 1. The topological polar surface area (TPSA) is 104 Å². The summed E-state index contributed by atoms with van der Waals surface area (Å²) in [6, 6.07) is 11.6. The largest absolute Gasteiger partial charge is 0.504 e. The van der Waals surface area contributed by atoms with E-state index in [0.29, 0.717) is 24.0 Å². The molecule has 164 valence electrons. The maximum Gasteiger partial charge on any atom is 0.243 e. The minimum Gasteiger partial charge on any atom is -0.504 e. The van der Waals surface area contributed by atoms with E-state index in [9.17, 15) is 13.5 Å². The highest BCUT2D eigenvalue weighted by Crippen LogP contribution is 2.27. The Morgan fingerprint density at radius 1 is 1.19 bits per heavy atom. The summed E-state index contributed by atoms with van der Waals surface area (Å²) in [6.45, 7) is 4.50. The third-order valence-electron chi connectivity index (χ3n) is 4.58. The molecule has 1 aromatic heterocycles. The molecular formula is C21H24N4O4S2. The van der Waals surface area contributed by atoms with Crippen LogP contribution in [0.5, 0.6) is 11.5 Å². The number of hydrazone groups is 1. The normalized spacial score (nSPS) is 11.9.